The number of rotatable bonds is 3. The lowest BCUT2D eigenvalue weighted by Crippen LogP contribution is -2.23. The molecule has 0 unspecified atom stereocenters. The van der Waals surface area contributed by atoms with Gasteiger partial charge in [-0.3, -0.25) is 9.78 Å². The van der Waals surface area contributed by atoms with Crippen LogP contribution in [0.1, 0.15) is 37.6 Å². The highest BCUT2D eigenvalue weighted by molar-refractivity contribution is 6.02. The van der Waals surface area contributed by atoms with E-state index in [2.05, 4.69) is 4.98 Å². The van der Waals surface area contributed by atoms with E-state index in [4.69, 9.17) is 0 Å². The molecular weight excluding hydrogens is 210 g/mol. The summed E-state index contributed by atoms with van der Waals surface area (Å²) in [5.41, 5.74) is 1.32. The van der Waals surface area contributed by atoms with Crippen LogP contribution in [0.15, 0.2) is 36.5 Å². The Balaban J connectivity index is 2.47. The van der Waals surface area contributed by atoms with E-state index < -0.39 is 0 Å². The maximum Gasteiger partial charge on any atom is 0.170 e. The summed E-state index contributed by atoms with van der Waals surface area (Å²) >= 11 is 0. The minimum Gasteiger partial charge on any atom is -0.294 e. The second kappa shape index (κ2) is 4.28. The normalized spacial score (nSPS) is 11.7. The van der Waals surface area contributed by atoms with E-state index in [9.17, 15) is 4.79 Å². The van der Waals surface area contributed by atoms with E-state index in [-0.39, 0.29) is 11.2 Å². The smallest absolute Gasteiger partial charge is 0.170 e. The van der Waals surface area contributed by atoms with E-state index in [1.54, 1.807) is 6.20 Å². The summed E-state index contributed by atoms with van der Waals surface area (Å²) in [4.78, 5) is 16.6. The van der Waals surface area contributed by atoms with Crippen LogP contribution in [0, 0.1) is 5.41 Å². The maximum atomic E-state index is 12.3. The second-order valence-electron chi connectivity index (χ2n) is 4.98. The third-order valence-electron chi connectivity index (χ3n) is 3.35. The molecule has 0 fully saturated rings. The van der Waals surface area contributed by atoms with Gasteiger partial charge in [-0.2, -0.15) is 0 Å². The van der Waals surface area contributed by atoms with Crippen LogP contribution in [0.25, 0.3) is 10.9 Å². The van der Waals surface area contributed by atoms with Crippen molar-refractivity contribution in [2.75, 3.05) is 0 Å². The first kappa shape index (κ1) is 11.8. The fourth-order valence-electron chi connectivity index (χ4n) is 1.75. The van der Waals surface area contributed by atoms with Crippen LogP contribution in [0.2, 0.25) is 0 Å². The number of benzene rings is 1. The minimum absolute atomic E-state index is 0.165. The summed E-state index contributed by atoms with van der Waals surface area (Å²) < 4.78 is 0. The van der Waals surface area contributed by atoms with Crippen LogP contribution in [0.5, 0.6) is 0 Å². The van der Waals surface area contributed by atoms with Gasteiger partial charge in [-0.15, -0.1) is 0 Å². The summed E-state index contributed by atoms with van der Waals surface area (Å²) in [5.74, 6) is 0.165. The number of ketones is 1. The van der Waals surface area contributed by atoms with E-state index in [1.807, 2.05) is 51.1 Å². The van der Waals surface area contributed by atoms with Gasteiger partial charge in [-0.1, -0.05) is 39.0 Å². The fourth-order valence-corrected chi connectivity index (χ4v) is 1.75. The molecule has 0 amide bonds. The summed E-state index contributed by atoms with van der Waals surface area (Å²) in [6, 6.07) is 9.78. The van der Waals surface area contributed by atoms with Crippen molar-refractivity contribution >= 4 is 16.7 Å². The molecule has 0 bridgehead atoms. The minimum atomic E-state index is -0.315. The van der Waals surface area contributed by atoms with E-state index in [0.717, 1.165) is 17.3 Å². The molecule has 1 aromatic carbocycles. The van der Waals surface area contributed by atoms with Crippen LogP contribution >= 0.6 is 0 Å². The Kier molecular flexibility index (Phi) is 2.97. The molecule has 0 atom stereocenters. The molecule has 2 heteroatoms. The van der Waals surface area contributed by atoms with E-state index in [0.29, 0.717) is 5.56 Å². The molecule has 0 saturated carbocycles. The van der Waals surface area contributed by atoms with Gasteiger partial charge in [0, 0.05) is 22.6 Å². The van der Waals surface area contributed by atoms with Gasteiger partial charge in [0.05, 0.1) is 5.52 Å². The van der Waals surface area contributed by atoms with Gasteiger partial charge < -0.3 is 0 Å². The molecule has 0 N–H and O–H groups in total. The Morgan fingerprint density at radius 1 is 1.29 bits per heavy atom. The Morgan fingerprint density at radius 2 is 2.00 bits per heavy atom. The summed E-state index contributed by atoms with van der Waals surface area (Å²) in [5, 5.41) is 1.02. The van der Waals surface area contributed by atoms with Crippen LogP contribution in [-0.4, -0.2) is 10.8 Å². The number of para-hydroxylation sites is 1. The van der Waals surface area contributed by atoms with Crippen molar-refractivity contribution < 1.29 is 4.79 Å². The quantitative estimate of drug-likeness (QED) is 0.745. The topological polar surface area (TPSA) is 30.0 Å². The number of hydrogen-bond acceptors (Lipinski definition) is 2. The second-order valence-corrected chi connectivity index (χ2v) is 4.98. The predicted molar refractivity (Wildman–Crippen MR) is 70.1 cm³/mol. The highest BCUT2D eigenvalue weighted by Crippen LogP contribution is 2.26. The Morgan fingerprint density at radius 3 is 2.71 bits per heavy atom. The van der Waals surface area contributed by atoms with Gasteiger partial charge in [0.2, 0.25) is 0 Å². The highest BCUT2D eigenvalue weighted by atomic mass is 16.1. The number of carbonyl (C=O) groups is 1. The van der Waals surface area contributed by atoms with Crippen molar-refractivity contribution in [3.05, 3.63) is 42.1 Å². The zero-order chi connectivity index (χ0) is 12.5. The number of carbonyl (C=O) groups excluding carboxylic acids is 1. The van der Waals surface area contributed by atoms with Crippen LogP contribution in [0.3, 0.4) is 0 Å². The van der Waals surface area contributed by atoms with Crippen molar-refractivity contribution in [2.45, 2.75) is 27.2 Å². The van der Waals surface area contributed by atoms with E-state index >= 15 is 0 Å². The van der Waals surface area contributed by atoms with Crippen molar-refractivity contribution in [3.63, 3.8) is 0 Å². The number of hydrogen-bond donors (Lipinski definition) is 0. The van der Waals surface area contributed by atoms with Gasteiger partial charge in [0.25, 0.3) is 0 Å². The lowest BCUT2D eigenvalue weighted by molar-refractivity contribution is 0.0833. The number of fused-ring (bicyclic) bond motifs is 1. The number of pyridine rings is 1. The van der Waals surface area contributed by atoms with Crippen molar-refractivity contribution in [1.82, 2.24) is 4.98 Å². The van der Waals surface area contributed by atoms with Crippen LogP contribution < -0.4 is 0 Å². The van der Waals surface area contributed by atoms with Gasteiger partial charge in [0.1, 0.15) is 0 Å². The molecule has 0 aliphatic carbocycles. The molecule has 0 spiro atoms. The molecule has 1 aromatic heterocycles. The SMILES string of the molecule is CCC(C)(C)C(=O)c1cnc2ccccc2c1. The fraction of sp³-hybridized carbons (Fsp3) is 0.333. The van der Waals surface area contributed by atoms with E-state index in [1.165, 1.54) is 0 Å². The predicted octanol–water partition coefficient (Wildman–Crippen LogP) is 3.85. The monoisotopic (exact) mass is 227 g/mol. The molecule has 88 valence electrons. The number of aromatic nitrogens is 1. The number of nitrogens with zero attached hydrogens (tertiary/aromatic N) is 1. The first-order valence-electron chi connectivity index (χ1n) is 5.94. The molecule has 0 aliphatic rings. The Hall–Kier alpha value is -1.70. The Labute approximate surface area is 102 Å². The van der Waals surface area contributed by atoms with Crippen LogP contribution in [-0.2, 0) is 0 Å². The highest BCUT2D eigenvalue weighted by Gasteiger charge is 2.26. The Bertz CT molecular complexity index is 558. The molecule has 17 heavy (non-hydrogen) atoms. The van der Waals surface area contributed by atoms with Gasteiger partial charge in [-0.05, 0) is 18.6 Å². The lowest BCUT2D eigenvalue weighted by atomic mass is 9.82. The summed E-state index contributed by atoms with van der Waals surface area (Å²) in [6.07, 6.45) is 2.51. The molecule has 2 rings (SSSR count). The first-order valence-corrected chi connectivity index (χ1v) is 5.94. The maximum absolute atomic E-state index is 12.3. The molecular formula is C15H17NO. The van der Waals surface area contributed by atoms with Crippen molar-refractivity contribution in [2.24, 2.45) is 5.41 Å². The lowest BCUT2D eigenvalue weighted by Gasteiger charge is -2.20. The molecule has 2 nitrogen and oxygen atoms in total. The molecule has 1 heterocycles. The van der Waals surface area contributed by atoms with Crippen LogP contribution in [0.4, 0.5) is 0 Å². The number of Topliss-reactive ketones (excluding diaryl/α,β-unsaturated/α-hetero) is 1. The molecule has 0 radical (unpaired) electrons. The van der Waals surface area contributed by atoms with Crippen molar-refractivity contribution in [1.29, 1.82) is 0 Å². The average molecular weight is 227 g/mol. The zero-order valence-electron chi connectivity index (χ0n) is 10.5. The molecule has 0 aliphatic heterocycles. The molecule has 0 saturated heterocycles. The van der Waals surface area contributed by atoms with Gasteiger partial charge >= 0.3 is 0 Å². The third-order valence-corrected chi connectivity index (χ3v) is 3.35. The summed E-state index contributed by atoms with van der Waals surface area (Å²) in [7, 11) is 0. The van der Waals surface area contributed by atoms with Crippen molar-refractivity contribution in [3.8, 4) is 0 Å². The van der Waals surface area contributed by atoms with Gasteiger partial charge in [0.15, 0.2) is 5.78 Å². The molecule has 2 aromatic rings. The standard InChI is InChI=1S/C15H17NO/c1-4-15(2,3)14(17)12-9-11-7-5-6-8-13(11)16-10-12/h5-10H,4H2,1-3H3. The largest absolute Gasteiger partial charge is 0.294 e. The summed E-state index contributed by atoms with van der Waals surface area (Å²) in [6.45, 7) is 5.99. The van der Waals surface area contributed by atoms with Gasteiger partial charge in [-0.25, -0.2) is 0 Å². The first-order chi connectivity index (χ1) is 8.04. The third kappa shape index (κ3) is 2.21. The zero-order valence-corrected chi connectivity index (χ0v) is 10.5. The average Bonchev–Trinajstić information content (AvgIpc) is 2.37.